The van der Waals surface area contributed by atoms with E-state index in [1.165, 1.54) is 32.1 Å². The zero-order chi connectivity index (χ0) is 24.0. The van der Waals surface area contributed by atoms with Crippen molar-refractivity contribution < 1.29 is 19.5 Å². The standard InChI is InChI=1S/C23H34N6O4/c1-14(24)22(32)28-23(33)19-9-17(15-5-3-2-4-6-15)12-29(19)13-18-8-7-16(10-26-18)21(25)27-11-20(30)31/h7-8,10,14-15,17,19H,2-6,9,11-13,24H2,1H3,(H2,25,27)(H,30,31)(H,28,32,33)/t14-,17?,19-/m0/s1. The van der Waals surface area contributed by atoms with E-state index in [4.69, 9.17) is 16.6 Å². The van der Waals surface area contributed by atoms with Gasteiger partial charge in [-0.3, -0.25) is 34.6 Å². The van der Waals surface area contributed by atoms with Crippen LogP contribution in [0.25, 0.3) is 0 Å². The number of aliphatic imine (C=N–C) groups is 1. The third-order valence-corrected chi connectivity index (χ3v) is 6.59. The molecule has 3 atom stereocenters. The van der Waals surface area contributed by atoms with Crippen molar-refractivity contribution in [3.63, 3.8) is 0 Å². The highest BCUT2D eigenvalue weighted by molar-refractivity contribution is 6.00. The van der Waals surface area contributed by atoms with Crippen molar-refractivity contribution in [3.8, 4) is 0 Å². The highest BCUT2D eigenvalue weighted by Crippen LogP contribution is 2.38. The van der Waals surface area contributed by atoms with Crippen LogP contribution in [-0.4, -0.2) is 63.8 Å². The first-order valence-electron chi connectivity index (χ1n) is 11.6. The largest absolute Gasteiger partial charge is 0.480 e. The van der Waals surface area contributed by atoms with Gasteiger partial charge >= 0.3 is 5.97 Å². The molecule has 1 aromatic rings. The van der Waals surface area contributed by atoms with Crippen molar-refractivity contribution in [2.75, 3.05) is 13.1 Å². The summed E-state index contributed by atoms with van der Waals surface area (Å²) in [5.74, 6) is -0.720. The quantitative estimate of drug-likeness (QED) is 0.325. The lowest BCUT2D eigenvalue weighted by atomic mass is 9.79. The van der Waals surface area contributed by atoms with Crippen LogP contribution in [0.3, 0.4) is 0 Å². The van der Waals surface area contributed by atoms with Crippen LogP contribution in [0, 0.1) is 11.8 Å². The van der Waals surface area contributed by atoms with Crippen molar-refractivity contribution >= 4 is 23.6 Å². The molecular formula is C23H34N6O4. The van der Waals surface area contributed by atoms with Gasteiger partial charge in [-0.1, -0.05) is 32.1 Å². The molecule has 1 saturated carbocycles. The number of aliphatic carboxylic acids is 1. The highest BCUT2D eigenvalue weighted by atomic mass is 16.4. The van der Waals surface area contributed by atoms with Gasteiger partial charge in [0.15, 0.2) is 0 Å². The van der Waals surface area contributed by atoms with E-state index >= 15 is 0 Å². The number of nitrogens with one attached hydrogen (secondary N) is 1. The molecule has 3 rings (SSSR count). The smallest absolute Gasteiger partial charge is 0.325 e. The Morgan fingerprint density at radius 2 is 1.97 bits per heavy atom. The Hall–Kier alpha value is -2.85. The average molecular weight is 459 g/mol. The minimum absolute atomic E-state index is 0.113. The first-order chi connectivity index (χ1) is 15.7. The third-order valence-electron chi connectivity index (χ3n) is 6.59. The molecule has 1 aliphatic carbocycles. The molecule has 0 bridgehead atoms. The maximum atomic E-state index is 12.9. The topological polar surface area (TPSA) is 164 Å². The maximum Gasteiger partial charge on any atom is 0.325 e. The van der Waals surface area contributed by atoms with Crippen molar-refractivity contribution in [2.24, 2.45) is 28.3 Å². The molecule has 2 fully saturated rings. The first-order valence-corrected chi connectivity index (χ1v) is 11.6. The Balaban J connectivity index is 1.71. The monoisotopic (exact) mass is 458 g/mol. The fraction of sp³-hybridized carbons (Fsp3) is 0.609. The summed E-state index contributed by atoms with van der Waals surface area (Å²) in [4.78, 5) is 46.0. The number of likely N-dealkylation sites (tertiary alicyclic amines) is 1. The summed E-state index contributed by atoms with van der Waals surface area (Å²) in [5.41, 5.74) is 12.7. The van der Waals surface area contributed by atoms with Crippen LogP contribution in [0.5, 0.6) is 0 Å². The Bertz CT molecular complexity index is 879. The van der Waals surface area contributed by atoms with Crippen LogP contribution < -0.4 is 16.8 Å². The summed E-state index contributed by atoms with van der Waals surface area (Å²) in [6.07, 6.45) is 8.38. The number of carbonyl (C=O) groups is 3. The zero-order valence-electron chi connectivity index (χ0n) is 19.1. The van der Waals surface area contributed by atoms with Gasteiger partial charge in [0.25, 0.3) is 0 Å². The Kier molecular flexibility index (Phi) is 8.51. The highest BCUT2D eigenvalue weighted by Gasteiger charge is 2.40. The lowest BCUT2D eigenvalue weighted by molar-refractivity contribution is -0.136. The lowest BCUT2D eigenvalue weighted by Gasteiger charge is -2.27. The number of hydrogen-bond acceptors (Lipinski definition) is 7. The number of aromatic nitrogens is 1. The molecular weight excluding hydrogens is 424 g/mol. The second-order valence-electron chi connectivity index (χ2n) is 9.11. The number of amidine groups is 1. The van der Waals surface area contributed by atoms with Crippen LogP contribution in [0.2, 0.25) is 0 Å². The van der Waals surface area contributed by atoms with E-state index in [2.05, 4.69) is 20.2 Å². The number of nitrogens with zero attached hydrogens (tertiary/aromatic N) is 3. The molecule has 1 unspecified atom stereocenters. The predicted octanol–water partition coefficient (Wildman–Crippen LogP) is 0.632. The van der Waals surface area contributed by atoms with Crippen LogP contribution >= 0.6 is 0 Å². The molecule has 2 heterocycles. The summed E-state index contributed by atoms with van der Waals surface area (Å²) in [7, 11) is 0. The summed E-state index contributed by atoms with van der Waals surface area (Å²) in [6.45, 7) is 2.39. The van der Waals surface area contributed by atoms with Crippen molar-refractivity contribution in [2.45, 2.75) is 64.1 Å². The van der Waals surface area contributed by atoms with E-state index in [1.807, 2.05) is 0 Å². The number of rotatable bonds is 8. The van der Waals surface area contributed by atoms with Gasteiger partial charge in [0.05, 0.1) is 17.8 Å². The number of carboxylic acids is 1. The van der Waals surface area contributed by atoms with E-state index < -0.39 is 30.5 Å². The zero-order valence-corrected chi connectivity index (χ0v) is 19.1. The molecule has 10 heteroatoms. The molecule has 180 valence electrons. The van der Waals surface area contributed by atoms with Crippen LogP contribution in [0.1, 0.15) is 56.7 Å². The molecule has 33 heavy (non-hydrogen) atoms. The molecule has 1 aliphatic heterocycles. The summed E-state index contributed by atoms with van der Waals surface area (Å²) >= 11 is 0. The summed E-state index contributed by atoms with van der Waals surface area (Å²) in [5, 5.41) is 11.2. The normalized spacial score (nSPS) is 23.3. The fourth-order valence-corrected chi connectivity index (χ4v) is 4.77. The lowest BCUT2D eigenvalue weighted by Crippen LogP contribution is -2.49. The van der Waals surface area contributed by atoms with Gasteiger partial charge in [0, 0.05) is 24.8 Å². The number of imide groups is 1. The molecule has 1 aromatic heterocycles. The second-order valence-corrected chi connectivity index (χ2v) is 9.11. The molecule has 1 saturated heterocycles. The van der Waals surface area contributed by atoms with Crippen LogP contribution in [0.15, 0.2) is 23.3 Å². The van der Waals surface area contributed by atoms with Crippen LogP contribution in [0.4, 0.5) is 0 Å². The van der Waals surface area contributed by atoms with Gasteiger partial charge in [-0.15, -0.1) is 0 Å². The SMILES string of the molecule is C[C@H](N)C(=O)NC(=O)[C@@H]1CC(C2CCCCC2)CN1Cc1ccc(C(N)=NCC(=O)O)cn1. The second kappa shape index (κ2) is 11.3. The number of carboxylic acid groups (broad SMARTS) is 1. The fourth-order valence-electron chi connectivity index (χ4n) is 4.77. The minimum Gasteiger partial charge on any atom is -0.480 e. The molecule has 0 spiro atoms. The summed E-state index contributed by atoms with van der Waals surface area (Å²) < 4.78 is 0. The van der Waals surface area contributed by atoms with Gasteiger partial charge < -0.3 is 16.6 Å². The average Bonchev–Trinajstić information content (AvgIpc) is 3.22. The van der Waals surface area contributed by atoms with Crippen molar-refractivity contribution in [1.82, 2.24) is 15.2 Å². The molecule has 0 radical (unpaired) electrons. The van der Waals surface area contributed by atoms with Crippen molar-refractivity contribution in [1.29, 1.82) is 0 Å². The number of nitrogens with two attached hydrogens (primary N) is 2. The van der Waals surface area contributed by atoms with Gasteiger partial charge in [0.1, 0.15) is 12.4 Å². The maximum absolute atomic E-state index is 12.9. The molecule has 6 N–H and O–H groups in total. The van der Waals surface area contributed by atoms with E-state index in [-0.39, 0.29) is 11.7 Å². The van der Waals surface area contributed by atoms with Gasteiger partial charge in [-0.05, 0) is 37.3 Å². The minimum atomic E-state index is -1.06. The number of pyridine rings is 1. The van der Waals surface area contributed by atoms with E-state index in [0.717, 1.165) is 18.7 Å². The molecule has 2 amide bonds. The molecule has 10 nitrogen and oxygen atoms in total. The number of hydrogen-bond donors (Lipinski definition) is 4. The Morgan fingerprint density at radius 3 is 2.58 bits per heavy atom. The summed E-state index contributed by atoms with van der Waals surface area (Å²) in [6, 6.07) is 2.38. The van der Waals surface area contributed by atoms with E-state index in [1.54, 1.807) is 25.3 Å². The van der Waals surface area contributed by atoms with Crippen LogP contribution in [-0.2, 0) is 20.9 Å². The third kappa shape index (κ3) is 6.82. The van der Waals surface area contributed by atoms with Gasteiger partial charge in [-0.2, -0.15) is 0 Å². The van der Waals surface area contributed by atoms with Gasteiger partial charge in [-0.25, -0.2) is 0 Å². The number of amides is 2. The molecule has 2 aliphatic rings. The van der Waals surface area contributed by atoms with E-state index in [9.17, 15) is 14.4 Å². The molecule has 0 aromatic carbocycles. The van der Waals surface area contributed by atoms with E-state index in [0.29, 0.717) is 23.9 Å². The van der Waals surface area contributed by atoms with Crippen molar-refractivity contribution in [3.05, 3.63) is 29.6 Å². The number of carbonyl (C=O) groups excluding carboxylic acids is 2. The van der Waals surface area contributed by atoms with Gasteiger partial charge in [0.2, 0.25) is 11.8 Å². The predicted molar refractivity (Wildman–Crippen MR) is 123 cm³/mol. The first kappa shape index (κ1) is 24.8. The Labute approximate surface area is 193 Å². The Morgan fingerprint density at radius 1 is 1.24 bits per heavy atom.